The molecule has 1 amide bonds. The van der Waals surface area contributed by atoms with Crippen molar-refractivity contribution in [1.29, 1.82) is 0 Å². The number of fused-ring (bicyclic) bond motifs is 1. The van der Waals surface area contributed by atoms with E-state index in [9.17, 15) is 13.2 Å². The van der Waals surface area contributed by atoms with E-state index in [1.165, 1.54) is 28.6 Å². The Morgan fingerprint density at radius 1 is 1.19 bits per heavy atom. The van der Waals surface area contributed by atoms with Gasteiger partial charge in [-0.1, -0.05) is 29.3 Å². The van der Waals surface area contributed by atoms with Crippen LogP contribution in [0.2, 0.25) is 5.02 Å². The van der Waals surface area contributed by atoms with Crippen LogP contribution >= 0.6 is 45.5 Å². The highest BCUT2D eigenvalue weighted by Crippen LogP contribution is 2.44. The summed E-state index contributed by atoms with van der Waals surface area (Å²) in [6, 6.07) is 8.44. The Balaban J connectivity index is 1.55. The van der Waals surface area contributed by atoms with Gasteiger partial charge in [0.25, 0.3) is 10.0 Å². The van der Waals surface area contributed by atoms with Crippen molar-refractivity contribution in [2.75, 3.05) is 27.0 Å². The molecule has 0 saturated carbocycles. The molecule has 1 aromatic carbocycles. The van der Waals surface area contributed by atoms with Crippen molar-refractivity contribution in [3.05, 3.63) is 62.0 Å². The Bertz CT molecular complexity index is 1750. The van der Waals surface area contributed by atoms with E-state index in [2.05, 4.69) is 4.98 Å². The van der Waals surface area contributed by atoms with Crippen molar-refractivity contribution in [2.45, 2.75) is 50.2 Å². The standard InChI is InChI=1S/C28H30ClIN4O6S2/c1-17-6-8-18(9-7-17)42(36,37)34-22(30)12-19-23(20(29)13-31-24(19)34)21-14-32-25(41-21)28(39-16-38-5)10-11-33(15-28)26(35)40-27(2,3)4/h6-9,12-14H,10-11,15-16H2,1-5H3. The van der Waals surface area contributed by atoms with Crippen LogP contribution in [-0.4, -0.2) is 65.9 Å². The summed E-state index contributed by atoms with van der Waals surface area (Å²) in [5.41, 5.74) is 0.289. The molecular weight excluding hydrogens is 715 g/mol. The summed E-state index contributed by atoms with van der Waals surface area (Å²) in [4.78, 5) is 24.4. The summed E-state index contributed by atoms with van der Waals surface area (Å²) in [5.74, 6) is 0. The molecule has 5 rings (SSSR count). The quantitative estimate of drug-likeness (QED) is 0.158. The van der Waals surface area contributed by atoms with Gasteiger partial charge in [0.2, 0.25) is 0 Å². The number of hydrogen-bond donors (Lipinski definition) is 0. The Morgan fingerprint density at radius 2 is 1.90 bits per heavy atom. The Hall–Kier alpha value is -2.30. The number of carbonyl (C=O) groups is 1. The lowest BCUT2D eigenvalue weighted by atomic mass is 10.0. The zero-order valence-electron chi connectivity index (χ0n) is 23.7. The molecule has 1 aliphatic heterocycles. The number of likely N-dealkylation sites (tertiary alicyclic amines) is 1. The molecule has 1 saturated heterocycles. The maximum absolute atomic E-state index is 13.7. The van der Waals surface area contributed by atoms with Crippen LogP contribution in [0.25, 0.3) is 21.5 Å². The molecule has 1 unspecified atom stereocenters. The molecule has 10 nitrogen and oxygen atoms in total. The molecule has 0 radical (unpaired) electrons. The van der Waals surface area contributed by atoms with Gasteiger partial charge in [-0.3, -0.25) is 0 Å². The van der Waals surface area contributed by atoms with E-state index < -0.39 is 27.3 Å². The predicted molar refractivity (Wildman–Crippen MR) is 169 cm³/mol. The fourth-order valence-corrected chi connectivity index (χ4v) is 8.88. The van der Waals surface area contributed by atoms with Crippen molar-refractivity contribution in [2.24, 2.45) is 0 Å². The number of thiazole rings is 1. The van der Waals surface area contributed by atoms with Crippen molar-refractivity contribution in [3.8, 4) is 10.4 Å². The van der Waals surface area contributed by atoms with Crippen LogP contribution in [0, 0.1) is 10.6 Å². The highest BCUT2D eigenvalue weighted by atomic mass is 127. The average Bonchev–Trinajstić information content (AvgIpc) is 3.64. The minimum atomic E-state index is -3.93. The minimum Gasteiger partial charge on any atom is -0.444 e. The number of nitrogens with zero attached hydrogens (tertiary/aromatic N) is 4. The highest BCUT2D eigenvalue weighted by Gasteiger charge is 2.46. The van der Waals surface area contributed by atoms with Gasteiger partial charge in [0.15, 0.2) is 5.65 Å². The first-order chi connectivity index (χ1) is 19.8. The van der Waals surface area contributed by atoms with Crippen LogP contribution in [0.5, 0.6) is 0 Å². The van der Waals surface area contributed by atoms with Gasteiger partial charge >= 0.3 is 6.09 Å². The lowest BCUT2D eigenvalue weighted by Gasteiger charge is -2.28. The van der Waals surface area contributed by atoms with Gasteiger partial charge in [0.1, 0.15) is 23.0 Å². The summed E-state index contributed by atoms with van der Waals surface area (Å²) in [6.07, 6.45) is 3.21. The van der Waals surface area contributed by atoms with Gasteiger partial charge in [0, 0.05) is 43.4 Å². The average molecular weight is 745 g/mol. The van der Waals surface area contributed by atoms with Crippen LogP contribution in [0.4, 0.5) is 4.79 Å². The monoisotopic (exact) mass is 744 g/mol. The maximum atomic E-state index is 13.7. The third-order valence-electron chi connectivity index (χ3n) is 6.74. The van der Waals surface area contributed by atoms with E-state index in [0.29, 0.717) is 42.5 Å². The number of hydrogen-bond acceptors (Lipinski definition) is 9. The van der Waals surface area contributed by atoms with E-state index in [-0.39, 0.29) is 23.9 Å². The molecule has 224 valence electrons. The first kappa shape index (κ1) is 31.1. The second-order valence-corrected chi connectivity index (χ2v) is 15.3. The van der Waals surface area contributed by atoms with Crippen LogP contribution in [0.3, 0.4) is 0 Å². The molecule has 3 aromatic heterocycles. The molecule has 4 aromatic rings. The molecule has 4 heterocycles. The predicted octanol–water partition coefficient (Wildman–Crippen LogP) is 6.42. The molecule has 0 N–H and O–H groups in total. The lowest BCUT2D eigenvalue weighted by molar-refractivity contribution is -0.129. The summed E-state index contributed by atoms with van der Waals surface area (Å²) >= 11 is 10.1. The van der Waals surface area contributed by atoms with Crippen LogP contribution in [0.1, 0.15) is 37.8 Å². The molecule has 1 fully saturated rings. The maximum Gasteiger partial charge on any atom is 0.410 e. The Kier molecular flexibility index (Phi) is 8.64. The summed E-state index contributed by atoms with van der Waals surface area (Å²) in [6.45, 7) is 8.03. The van der Waals surface area contributed by atoms with Gasteiger partial charge in [-0.05, 0) is 68.5 Å². The lowest BCUT2D eigenvalue weighted by Crippen LogP contribution is -2.39. The highest BCUT2D eigenvalue weighted by molar-refractivity contribution is 14.1. The number of benzene rings is 1. The molecule has 0 bridgehead atoms. The van der Waals surface area contributed by atoms with Crippen LogP contribution in [-0.2, 0) is 29.8 Å². The van der Waals surface area contributed by atoms with Crippen molar-refractivity contribution in [3.63, 3.8) is 0 Å². The number of rotatable bonds is 7. The number of ether oxygens (including phenoxy) is 3. The number of aromatic nitrogens is 3. The number of pyridine rings is 1. The van der Waals surface area contributed by atoms with E-state index in [4.69, 9.17) is 30.8 Å². The Morgan fingerprint density at radius 3 is 2.57 bits per heavy atom. The normalized spacial score (nSPS) is 17.7. The number of aryl methyl sites for hydroxylation is 1. The van der Waals surface area contributed by atoms with E-state index >= 15 is 0 Å². The van der Waals surface area contributed by atoms with E-state index in [1.807, 2.05) is 50.3 Å². The molecule has 0 spiro atoms. The summed E-state index contributed by atoms with van der Waals surface area (Å²) < 4.78 is 46.0. The fraction of sp³-hybridized carbons (Fsp3) is 0.393. The smallest absolute Gasteiger partial charge is 0.410 e. The molecule has 1 aliphatic rings. The third kappa shape index (κ3) is 5.91. The van der Waals surface area contributed by atoms with Gasteiger partial charge in [-0.15, -0.1) is 11.3 Å². The number of halogens is 2. The van der Waals surface area contributed by atoms with Gasteiger partial charge in [-0.2, -0.15) is 0 Å². The number of methoxy groups -OCH3 is 1. The summed E-state index contributed by atoms with van der Waals surface area (Å²) in [5, 5.41) is 1.57. The zero-order chi connectivity index (χ0) is 30.4. The van der Waals surface area contributed by atoms with Gasteiger partial charge in [0.05, 0.1) is 25.0 Å². The largest absolute Gasteiger partial charge is 0.444 e. The summed E-state index contributed by atoms with van der Waals surface area (Å²) in [7, 11) is -2.40. The van der Waals surface area contributed by atoms with E-state index in [1.54, 1.807) is 41.4 Å². The zero-order valence-corrected chi connectivity index (χ0v) is 28.2. The fourth-order valence-electron chi connectivity index (χ4n) is 4.76. The minimum absolute atomic E-state index is 0.00917. The first-order valence-electron chi connectivity index (χ1n) is 13.0. The molecule has 14 heteroatoms. The van der Waals surface area contributed by atoms with Crippen molar-refractivity contribution in [1.82, 2.24) is 18.8 Å². The second kappa shape index (κ2) is 11.7. The number of amides is 1. The second-order valence-electron chi connectivity index (χ2n) is 11.0. The molecule has 42 heavy (non-hydrogen) atoms. The van der Waals surface area contributed by atoms with Crippen molar-refractivity contribution >= 4 is 72.7 Å². The van der Waals surface area contributed by atoms with Gasteiger partial charge < -0.3 is 19.1 Å². The first-order valence-corrected chi connectivity index (χ1v) is 16.7. The van der Waals surface area contributed by atoms with Gasteiger partial charge in [-0.25, -0.2) is 27.2 Å². The third-order valence-corrected chi connectivity index (χ3v) is 11.1. The molecule has 0 aliphatic carbocycles. The molecule has 1 atom stereocenters. The molecular formula is C28H30ClIN4O6S2. The van der Waals surface area contributed by atoms with Crippen molar-refractivity contribution < 1.29 is 27.4 Å². The topological polar surface area (TPSA) is 113 Å². The van der Waals surface area contributed by atoms with Crippen LogP contribution < -0.4 is 0 Å². The van der Waals surface area contributed by atoms with E-state index in [0.717, 1.165) is 5.56 Å². The van der Waals surface area contributed by atoms with Crippen LogP contribution in [0.15, 0.2) is 47.6 Å². The SMILES string of the molecule is COCOC1(c2ncc(-c3c(Cl)cnc4c3cc(I)n4S(=O)(=O)c3ccc(C)cc3)s2)CCN(C(=O)OC(C)(C)C)C1. The Labute approximate surface area is 267 Å². The number of carbonyl (C=O) groups excluding carboxylic acids is 1.